The zero-order chi connectivity index (χ0) is 12.6. The van der Waals surface area contributed by atoms with Crippen molar-refractivity contribution in [2.45, 2.75) is 26.4 Å². The summed E-state index contributed by atoms with van der Waals surface area (Å²) in [7, 11) is 0. The maximum Gasteiger partial charge on any atom is 0.220 e. The van der Waals surface area contributed by atoms with E-state index in [0.29, 0.717) is 5.96 Å². The van der Waals surface area contributed by atoms with Gasteiger partial charge in [-0.3, -0.25) is 4.90 Å². The van der Waals surface area contributed by atoms with Gasteiger partial charge in [-0.05, 0) is 38.5 Å². The molecule has 0 spiro atoms. The summed E-state index contributed by atoms with van der Waals surface area (Å²) in [5.74, 6) is 0.588. The molecule has 6 heteroatoms. The highest BCUT2D eigenvalue weighted by atomic mass is 35.5. The van der Waals surface area contributed by atoms with Gasteiger partial charge in [0.1, 0.15) is 5.66 Å². The third-order valence-electron chi connectivity index (χ3n) is 2.65. The predicted octanol–water partition coefficient (Wildman–Crippen LogP) is 1.60. The molecule has 0 bridgehead atoms. The van der Waals surface area contributed by atoms with E-state index in [1.807, 2.05) is 49.9 Å². The lowest BCUT2D eigenvalue weighted by Gasteiger charge is -2.38. The smallest absolute Gasteiger partial charge is 0.220 e. The Bertz CT molecular complexity index is 507. The minimum Gasteiger partial charge on any atom is -0.369 e. The fourth-order valence-electron chi connectivity index (χ4n) is 2.02. The predicted molar refractivity (Wildman–Crippen MR) is 78.2 cm³/mol. The first kappa shape index (κ1) is 14.3. The first-order chi connectivity index (χ1) is 7.90. The Hall–Kier alpha value is -1.75. The van der Waals surface area contributed by atoms with Crippen molar-refractivity contribution in [3.8, 4) is 0 Å². The van der Waals surface area contributed by atoms with E-state index in [-0.39, 0.29) is 18.4 Å². The van der Waals surface area contributed by atoms with E-state index >= 15 is 0 Å². The van der Waals surface area contributed by atoms with Crippen molar-refractivity contribution in [2.75, 3.05) is 4.90 Å². The summed E-state index contributed by atoms with van der Waals surface area (Å²) in [5, 5.41) is 0. The van der Waals surface area contributed by atoms with Crippen LogP contribution in [0.3, 0.4) is 0 Å². The highest BCUT2D eigenvalue weighted by molar-refractivity contribution is 6.05. The Morgan fingerprint density at radius 2 is 1.89 bits per heavy atom. The maximum absolute atomic E-state index is 5.94. The molecule has 98 valence electrons. The molecule has 0 unspecified atom stereocenters. The lowest BCUT2D eigenvalue weighted by molar-refractivity contribution is 0.534. The molecule has 0 aliphatic carbocycles. The minimum absolute atomic E-state index is 0. The second-order valence-electron chi connectivity index (χ2n) is 4.61. The molecule has 1 aliphatic rings. The molecular formula is C12H18ClN5. The van der Waals surface area contributed by atoms with E-state index in [1.54, 1.807) is 0 Å². The van der Waals surface area contributed by atoms with E-state index in [9.17, 15) is 0 Å². The number of nitrogens with two attached hydrogens (primary N) is 2. The van der Waals surface area contributed by atoms with Crippen molar-refractivity contribution in [1.29, 1.82) is 0 Å². The van der Waals surface area contributed by atoms with Gasteiger partial charge in [0.05, 0.1) is 0 Å². The number of halogens is 1. The standard InChI is InChI=1S/C12H17N5.ClH/c1-8-5-4-6-9(7-8)17-11(14)15-10(13)16-12(17,2)3;/h4-7H,1-3H3,(H4,13,14,15,16);1H. The SMILES string of the molecule is Cc1cccc(N2C(N)=NC(N)=NC2(C)C)c1.Cl. The average molecular weight is 268 g/mol. The van der Waals surface area contributed by atoms with Crippen LogP contribution in [0.1, 0.15) is 19.4 Å². The summed E-state index contributed by atoms with van der Waals surface area (Å²) in [6.45, 7) is 5.93. The maximum atomic E-state index is 5.94. The van der Waals surface area contributed by atoms with E-state index in [2.05, 4.69) is 9.98 Å². The quantitative estimate of drug-likeness (QED) is 0.811. The number of aliphatic imine (C=N–C) groups is 2. The van der Waals surface area contributed by atoms with E-state index in [0.717, 1.165) is 11.3 Å². The minimum atomic E-state index is -0.524. The molecule has 2 rings (SSSR count). The van der Waals surface area contributed by atoms with Crippen LogP contribution in [0, 0.1) is 6.92 Å². The van der Waals surface area contributed by atoms with Crippen LogP contribution in [0.2, 0.25) is 0 Å². The molecule has 0 amide bonds. The highest BCUT2D eigenvalue weighted by Gasteiger charge is 2.32. The summed E-state index contributed by atoms with van der Waals surface area (Å²) in [5.41, 5.74) is 13.2. The second-order valence-corrected chi connectivity index (χ2v) is 4.61. The molecule has 1 aliphatic heterocycles. The third kappa shape index (κ3) is 2.56. The molecule has 1 heterocycles. The molecule has 1 aromatic rings. The van der Waals surface area contributed by atoms with E-state index in [1.165, 1.54) is 0 Å². The largest absolute Gasteiger partial charge is 0.369 e. The molecular weight excluding hydrogens is 250 g/mol. The van der Waals surface area contributed by atoms with Gasteiger partial charge in [-0.1, -0.05) is 12.1 Å². The van der Waals surface area contributed by atoms with Gasteiger partial charge < -0.3 is 11.5 Å². The number of hydrogen-bond donors (Lipinski definition) is 2. The van der Waals surface area contributed by atoms with Gasteiger partial charge in [-0.2, -0.15) is 4.99 Å². The van der Waals surface area contributed by atoms with Crippen LogP contribution >= 0.6 is 12.4 Å². The van der Waals surface area contributed by atoms with Crippen molar-refractivity contribution in [1.82, 2.24) is 0 Å². The molecule has 0 radical (unpaired) electrons. The molecule has 0 atom stereocenters. The zero-order valence-corrected chi connectivity index (χ0v) is 11.5. The Kier molecular flexibility index (Phi) is 3.86. The summed E-state index contributed by atoms with van der Waals surface area (Å²) >= 11 is 0. The number of hydrogen-bond acceptors (Lipinski definition) is 5. The molecule has 5 nitrogen and oxygen atoms in total. The summed E-state index contributed by atoms with van der Waals surface area (Å²) in [4.78, 5) is 10.2. The number of benzene rings is 1. The van der Waals surface area contributed by atoms with Gasteiger partial charge in [-0.25, -0.2) is 4.99 Å². The third-order valence-corrected chi connectivity index (χ3v) is 2.65. The van der Waals surface area contributed by atoms with Gasteiger partial charge in [-0.15, -0.1) is 12.4 Å². The molecule has 4 N–H and O–H groups in total. The Labute approximate surface area is 113 Å². The Balaban J connectivity index is 0.00000162. The Morgan fingerprint density at radius 1 is 1.22 bits per heavy atom. The number of guanidine groups is 2. The van der Waals surface area contributed by atoms with Gasteiger partial charge in [0.15, 0.2) is 0 Å². The molecule has 0 saturated carbocycles. The topological polar surface area (TPSA) is 80.0 Å². The van der Waals surface area contributed by atoms with Crippen molar-refractivity contribution in [3.63, 3.8) is 0 Å². The van der Waals surface area contributed by atoms with Crippen LogP contribution in [0.25, 0.3) is 0 Å². The van der Waals surface area contributed by atoms with Crippen LogP contribution in [-0.2, 0) is 0 Å². The molecule has 0 fully saturated rings. The molecule has 1 aromatic carbocycles. The van der Waals surface area contributed by atoms with Gasteiger partial charge in [0, 0.05) is 5.69 Å². The normalized spacial score (nSPS) is 17.6. The van der Waals surface area contributed by atoms with Gasteiger partial charge in [0.2, 0.25) is 11.9 Å². The lowest BCUT2D eigenvalue weighted by Crippen LogP contribution is -2.54. The van der Waals surface area contributed by atoms with Crippen molar-refractivity contribution in [2.24, 2.45) is 21.5 Å². The molecule has 0 saturated heterocycles. The van der Waals surface area contributed by atoms with Crippen LogP contribution in [0.4, 0.5) is 5.69 Å². The van der Waals surface area contributed by atoms with Gasteiger partial charge >= 0.3 is 0 Å². The second kappa shape index (κ2) is 4.86. The number of nitrogens with zero attached hydrogens (tertiary/aromatic N) is 3. The first-order valence-corrected chi connectivity index (χ1v) is 5.46. The summed E-state index contributed by atoms with van der Waals surface area (Å²) < 4.78 is 0. The fraction of sp³-hybridized carbons (Fsp3) is 0.333. The van der Waals surface area contributed by atoms with Crippen LogP contribution in [0.15, 0.2) is 34.3 Å². The van der Waals surface area contributed by atoms with Crippen LogP contribution < -0.4 is 16.4 Å². The molecule has 0 aromatic heterocycles. The molecule has 18 heavy (non-hydrogen) atoms. The summed E-state index contributed by atoms with van der Waals surface area (Å²) in [6.07, 6.45) is 0. The van der Waals surface area contributed by atoms with Crippen molar-refractivity contribution >= 4 is 30.0 Å². The number of rotatable bonds is 1. The summed E-state index contributed by atoms with van der Waals surface area (Å²) in [6, 6.07) is 8.04. The Morgan fingerprint density at radius 3 is 2.44 bits per heavy atom. The van der Waals surface area contributed by atoms with E-state index in [4.69, 9.17) is 11.5 Å². The number of aryl methyl sites for hydroxylation is 1. The van der Waals surface area contributed by atoms with E-state index < -0.39 is 5.66 Å². The lowest BCUT2D eigenvalue weighted by atomic mass is 10.1. The highest BCUT2D eigenvalue weighted by Crippen LogP contribution is 2.27. The van der Waals surface area contributed by atoms with Crippen molar-refractivity contribution in [3.05, 3.63) is 29.8 Å². The van der Waals surface area contributed by atoms with Crippen molar-refractivity contribution < 1.29 is 0 Å². The zero-order valence-electron chi connectivity index (χ0n) is 10.7. The van der Waals surface area contributed by atoms with Crippen LogP contribution in [-0.4, -0.2) is 17.6 Å². The first-order valence-electron chi connectivity index (χ1n) is 5.46. The van der Waals surface area contributed by atoms with Crippen LogP contribution in [0.5, 0.6) is 0 Å². The monoisotopic (exact) mass is 267 g/mol. The van der Waals surface area contributed by atoms with Gasteiger partial charge in [0.25, 0.3) is 0 Å². The number of anilines is 1. The fourth-order valence-corrected chi connectivity index (χ4v) is 2.02. The average Bonchev–Trinajstić information content (AvgIpc) is 2.13.